The van der Waals surface area contributed by atoms with E-state index in [2.05, 4.69) is 71.1 Å². The molecule has 0 amide bonds. The van der Waals surface area contributed by atoms with Crippen LogP contribution in [0.25, 0.3) is 10.9 Å². The average Bonchev–Trinajstić information content (AvgIpc) is 3.89. The number of rotatable bonds is 9. The first-order valence-electron chi connectivity index (χ1n) is 21.5. The number of thioether (sulfide) groups is 1. The van der Waals surface area contributed by atoms with E-state index in [1.165, 1.54) is 31.6 Å². The minimum Gasteiger partial charge on any atom is -0.496 e. The molecular formula is C47H58N4O8S. The van der Waals surface area contributed by atoms with Crippen LogP contribution in [0.3, 0.4) is 0 Å². The first-order chi connectivity index (χ1) is 28.8. The molecule has 1 spiro atoms. The number of ether oxygens (including phenoxy) is 4. The van der Waals surface area contributed by atoms with Crippen molar-refractivity contribution in [1.29, 1.82) is 0 Å². The van der Waals surface area contributed by atoms with Crippen molar-refractivity contribution >= 4 is 46.3 Å². The van der Waals surface area contributed by atoms with Crippen molar-refractivity contribution in [3.05, 3.63) is 76.5 Å². The van der Waals surface area contributed by atoms with Crippen LogP contribution in [0, 0.1) is 11.3 Å². The van der Waals surface area contributed by atoms with Gasteiger partial charge in [0, 0.05) is 95.8 Å². The molecule has 2 fully saturated rings. The number of aromatic nitrogens is 1. The maximum absolute atomic E-state index is 15.3. The molecule has 6 heterocycles. The van der Waals surface area contributed by atoms with Gasteiger partial charge in [0.05, 0.1) is 27.4 Å². The lowest BCUT2D eigenvalue weighted by Gasteiger charge is -2.63. The molecule has 1 aromatic heterocycles. The zero-order valence-corrected chi connectivity index (χ0v) is 36.9. The van der Waals surface area contributed by atoms with Crippen LogP contribution in [-0.4, -0.2) is 122 Å². The molecule has 13 heteroatoms. The van der Waals surface area contributed by atoms with Crippen LogP contribution < -0.4 is 9.64 Å². The lowest BCUT2D eigenvalue weighted by Crippen LogP contribution is -2.81. The van der Waals surface area contributed by atoms with E-state index in [0.717, 1.165) is 58.7 Å². The van der Waals surface area contributed by atoms with Crippen molar-refractivity contribution in [2.75, 3.05) is 65.2 Å². The molecule has 9 atom stereocenters. The third-order valence-corrected chi connectivity index (χ3v) is 16.0. The summed E-state index contributed by atoms with van der Waals surface area (Å²) in [6, 6.07) is 9.46. The van der Waals surface area contributed by atoms with Gasteiger partial charge >= 0.3 is 17.9 Å². The van der Waals surface area contributed by atoms with Gasteiger partial charge < -0.3 is 33.9 Å². The Kier molecular flexibility index (Phi) is 10.0. The monoisotopic (exact) mass is 838 g/mol. The Morgan fingerprint density at radius 3 is 2.47 bits per heavy atom. The number of likely N-dealkylation sites (N-methyl/N-ethyl adjacent to an activating group) is 1. The van der Waals surface area contributed by atoms with Gasteiger partial charge in [0.25, 0.3) is 0 Å². The van der Waals surface area contributed by atoms with Gasteiger partial charge in [-0.2, -0.15) is 0 Å². The molecule has 1 saturated carbocycles. The number of esters is 3. The Labute approximate surface area is 356 Å². The summed E-state index contributed by atoms with van der Waals surface area (Å²) in [6.45, 7) is 11.3. The Morgan fingerprint density at radius 2 is 1.78 bits per heavy atom. The summed E-state index contributed by atoms with van der Waals surface area (Å²) in [4.78, 5) is 54.7. The molecule has 2 aromatic carbocycles. The van der Waals surface area contributed by atoms with Gasteiger partial charge in [-0.05, 0) is 79.3 Å². The molecule has 0 radical (unpaired) electrons. The number of benzene rings is 2. The minimum absolute atomic E-state index is 0.0203. The van der Waals surface area contributed by atoms with E-state index in [0.29, 0.717) is 50.2 Å². The molecule has 3 aromatic rings. The number of aromatic amines is 1. The molecule has 320 valence electrons. The fourth-order valence-electron chi connectivity index (χ4n) is 13.1. The summed E-state index contributed by atoms with van der Waals surface area (Å²) in [7, 11) is 6.25. The third-order valence-electron chi connectivity index (χ3n) is 15.1. The van der Waals surface area contributed by atoms with Gasteiger partial charge in [-0.25, -0.2) is 4.79 Å². The van der Waals surface area contributed by atoms with Crippen LogP contribution in [0.4, 0.5) is 5.69 Å². The van der Waals surface area contributed by atoms with Crippen molar-refractivity contribution in [2.45, 2.75) is 99.4 Å². The standard InChI is InChI=1S/C47H58N4O8S/c1-9-28-19-29-23-46(42(53)57-7,38-32(26-50(24-28)25-29)31-20-30(60-11-3)13-14-35(31)48-38)34-21-33-36(22-37(34)56-6)49(5)40-45(33)16-18-51-17-12-15-44(10-2,39(45)51)41(59-27(4)52)47(40,55)43(54)58-8/h12-15,19-22,29,39-41,48,55H,9-11,16-18,23-26H2,1-8H3/t29-,39+,40-,41-,44-,45-,46+,47+/m1/s1. The van der Waals surface area contributed by atoms with Crippen LogP contribution in [0.5, 0.6) is 5.75 Å². The second-order valence-electron chi connectivity index (χ2n) is 17.8. The van der Waals surface area contributed by atoms with E-state index in [1.807, 2.05) is 24.9 Å². The van der Waals surface area contributed by atoms with Crippen LogP contribution in [0.15, 0.2) is 59.0 Å². The van der Waals surface area contributed by atoms with E-state index in [9.17, 15) is 14.7 Å². The number of hydrogen-bond acceptors (Lipinski definition) is 12. The van der Waals surface area contributed by atoms with Crippen molar-refractivity contribution in [2.24, 2.45) is 11.3 Å². The summed E-state index contributed by atoms with van der Waals surface area (Å²) in [6.07, 6.45) is 7.68. The van der Waals surface area contributed by atoms with Crippen LogP contribution in [0.1, 0.15) is 75.8 Å². The number of nitrogens with one attached hydrogen (secondary N) is 1. The fraction of sp³-hybridized carbons (Fsp3) is 0.553. The van der Waals surface area contributed by atoms with E-state index in [4.69, 9.17) is 18.9 Å². The zero-order valence-electron chi connectivity index (χ0n) is 36.1. The molecule has 1 unspecified atom stereocenters. The van der Waals surface area contributed by atoms with E-state index in [1.54, 1.807) is 18.9 Å². The number of carbonyl (C=O) groups excluding carboxylic acids is 3. The van der Waals surface area contributed by atoms with Crippen molar-refractivity contribution in [1.82, 2.24) is 14.8 Å². The number of aliphatic hydroxyl groups is 1. The van der Waals surface area contributed by atoms with Gasteiger partial charge in [-0.1, -0.05) is 44.6 Å². The highest BCUT2D eigenvalue weighted by atomic mass is 32.2. The number of anilines is 1. The van der Waals surface area contributed by atoms with Gasteiger partial charge in [0.2, 0.25) is 5.60 Å². The fourth-order valence-corrected chi connectivity index (χ4v) is 13.8. The topological polar surface area (TPSA) is 134 Å². The van der Waals surface area contributed by atoms with E-state index >= 15 is 4.79 Å². The highest BCUT2D eigenvalue weighted by Gasteiger charge is 2.80. The predicted molar refractivity (Wildman–Crippen MR) is 230 cm³/mol. The summed E-state index contributed by atoms with van der Waals surface area (Å²) >= 11 is 1.79. The zero-order chi connectivity index (χ0) is 42.5. The Hall–Kier alpha value is -4.30. The average molecular weight is 839 g/mol. The molecule has 5 aliphatic heterocycles. The Bertz CT molecular complexity index is 2340. The Balaban J connectivity index is 1.37. The van der Waals surface area contributed by atoms with Crippen molar-refractivity contribution < 1.29 is 38.4 Å². The van der Waals surface area contributed by atoms with Crippen molar-refractivity contribution in [3.8, 4) is 5.75 Å². The molecule has 1 aliphatic carbocycles. The molecule has 6 aliphatic rings. The van der Waals surface area contributed by atoms with E-state index < -0.39 is 45.9 Å². The van der Waals surface area contributed by atoms with Crippen LogP contribution in [-0.2, 0) is 46.0 Å². The van der Waals surface area contributed by atoms with Gasteiger partial charge in [-0.3, -0.25) is 19.4 Å². The molecular weight excluding hydrogens is 781 g/mol. The largest absolute Gasteiger partial charge is 0.496 e. The molecule has 1 saturated heterocycles. The number of hydrogen-bond donors (Lipinski definition) is 2. The molecule has 12 nitrogen and oxygen atoms in total. The third kappa shape index (κ3) is 5.37. The quantitative estimate of drug-likeness (QED) is 0.116. The van der Waals surface area contributed by atoms with E-state index in [-0.39, 0.29) is 17.9 Å². The summed E-state index contributed by atoms with van der Waals surface area (Å²) in [5, 5.41) is 14.4. The number of nitrogens with zero attached hydrogens (tertiary/aromatic N) is 3. The SMILES string of the molecule is CCSc1ccc2[nH]c3c(c2c1)CN1CC(CC)=C[C@@H](C1)C[C@]3(C(=O)OC)c1cc2c(cc1OC)N(C)[C@H]1[C@@](O)(C(=O)OC)[C@H](OC(C)=O)[C@]3(CC)C=CCN4CC[C@]21[C@@H]43. The summed E-state index contributed by atoms with van der Waals surface area (Å²) < 4.78 is 24.0. The van der Waals surface area contributed by atoms with Crippen molar-refractivity contribution in [3.63, 3.8) is 0 Å². The molecule has 2 bridgehead atoms. The number of methoxy groups -OCH3 is 3. The first-order valence-corrected chi connectivity index (χ1v) is 22.4. The maximum atomic E-state index is 15.3. The van der Waals surface area contributed by atoms with Crippen LogP contribution >= 0.6 is 11.8 Å². The predicted octanol–water partition coefficient (Wildman–Crippen LogP) is 5.87. The molecule has 9 rings (SSSR count). The Morgan fingerprint density at radius 1 is 1.00 bits per heavy atom. The molecule has 2 N–H and O–H groups in total. The highest BCUT2D eigenvalue weighted by molar-refractivity contribution is 7.99. The highest BCUT2D eigenvalue weighted by Crippen LogP contribution is 2.68. The first kappa shape index (κ1) is 41.1. The lowest BCUT2D eigenvalue weighted by atomic mass is 9.47. The number of carbonyl (C=O) groups is 3. The second-order valence-corrected chi connectivity index (χ2v) is 19.1. The maximum Gasteiger partial charge on any atom is 0.344 e. The van der Waals surface area contributed by atoms with Crippen LogP contribution in [0.2, 0.25) is 0 Å². The smallest absolute Gasteiger partial charge is 0.344 e. The van der Waals surface area contributed by atoms with Gasteiger partial charge in [0.15, 0.2) is 6.10 Å². The van der Waals surface area contributed by atoms with Gasteiger partial charge in [0.1, 0.15) is 11.2 Å². The summed E-state index contributed by atoms with van der Waals surface area (Å²) in [5.74, 6) is -0.376. The minimum atomic E-state index is -2.28. The molecule has 60 heavy (non-hydrogen) atoms. The summed E-state index contributed by atoms with van der Waals surface area (Å²) in [5.41, 5.74) is 1.05. The number of H-pyrrole nitrogens is 1. The van der Waals surface area contributed by atoms with Gasteiger partial charge in [-0.15, -0.1) is 11.8 Å². The lowest BCUT2D eigenvalue weighted by molar-refractivity contribution is -0.228. The number of fused-ring (bicyclic) bond motifs is 6. The second kappa shape index (κ2) is 14.7. The normalized spacial score (nSPS) is 33.8.